The molecule has 1 aliphatic heterocycles. The fraction of sp³-hybridized carbons (Fsp3) is 0.364. The molecule has 0 aromatic heterocycles. The molecule has 5 heteroatoms. The van der Waals surface area contributed by atoms with Gasteiger partial charge >= 0.3 is 6.09 Å². The molecule has 1 amide bonds. The van der Waals surface area contributed by atoms with E-state index in [0.29, 0.717) is 32.0 Å². The van der Waals surface area contributed by atoms with E-state index in [0.717, 1.165) is 29.9 Å². The molecular weight excluding hydrogens is 474 g/mol. The third kappa shape index (κ3) is 5.72. The number of likely N-dealkylation sites (tertiary alicyclic amines) is 1. The summed E-state index contributed by atoms with van der Waals surface area (Å²) in [5.41, 5.74) is 1.86. The van der Waals surface area contributed by atoms with Crippen molar-refractivity contribution in [2.24, 2.45) is 5.92 Å². The van der Waals surface area contributed by atoms with Crippen molar-refractivity contribution in [2.45, 2.75) is 45.6 Å². The number of hydrogen-bond donors (Lipinski definition) is 0. The Morgan fingerprint density at radius 1 is 0.816 bits per heavy atom. The van der Waals surface area contributed by atoms with Crippen LogP contribution in [-0.4, -0.2) is 43.4 Å². The summed E-state index contributed by atoms with van der Waals surface area (Å²) < 4.78 is 17.9. The number of piperidine rings is 1. The molecule has 0 atom stereocenters. The molecule has 198 valence electrons. The molecule has 0 radical (unpaired) electrons. The molecule has 0 aliphatic carbocycles. The second-order valence-electron chi connectivity index (χ2n) is 11.1. The number of methoxy groups -OCH3 is 1. The van der Waals surface area contributed by atoms with Gasteiger partial charge in [-0.05, 0) is 73.2 Å². The number of nitrogens with zero attached hydrogens (tertiary/aromatic N) is 1. The highest BCUT2D eigenvalue weighted by Gasteiger charge is 2.27. The lowest BCUT2D eigenvalue weighted by Crippen LogP contribution is -2.42. The Labute approximate surface area is 225 Å². The van der Waals surface area contributed by atoms with Gasteiger partial charge in [-0.2, -0.15) is 0 Å². The van der Waals surface area contributed by atoms with Crippen molar-refractivity contribution in [1.29, 1.82) is 0 Å². The first-order valence-corrected chi connectivity index (χ1v) is 13.5. The van der Waals surface area contributed by atoms with Crippen molar-refractivity contribution in [3.63, 3.8) is 0 Å². The van der Waals surface area contributed by atoms with Crippen LogP contribution in [0.2, 0.25) is 0 Å². The van der Waals surface area contributed by atoms with Gasteiger partial charge in [0.15, 0.2) is 0 Å². The number of hydrogen-bond acceptors (Lipinski definition) is 4. The summed E-state index contributed by atoms with van der Waals surface area (Å²) in [4.78, 5) is 14.3. The average molecular weight is 512 g/mol. The Kier molecular flexibility index (Phi) is 7.46. The van der Waals surface area contributed by atoms with Gasteiger partial charge in [0.1, 0.15) is 17.1 Å². The molecule has 0 saturated carbocycles. The van der Waals surface area contributed by atoms with Gasteiger partial charge in [-0.1, -0.05) is 60.7 Å². The highest BCUT2D eigenvalue weighted by atomic mass is 16.6. The minimum absolute atomic E-state index is 0.224. The number of ether oxygens (including phenoxy) is 3. The Hall–Kier alpha value is -3.73. The lowest BCUT2D eigenvalue weighted by Gasteiger charge is -2.33. The van der Waals surface area contributed by atoms with Crippen molar-refractivity contribution in [1.82, 2.24) is 4.90 Å². The van der Waals surface area contributed by atoms with E-state index in [-0.39, 0.29) is 6.09 Å². The van der Waals surface area contributed by atoms with Crippen LogP contribution in [0.4, 0.5) is 4.79 Å². The zero-order valence-electron chi connectivity index (χ0n) is 22.8. The van der Waals surface area contributed by atoms with E-state index in [4.69, 9.17) is 14.2 Å². The van der Waals surface area contributed by atoms with Gasteiger partial charge < -0.3 is 19.1 Å². The van der Waals surface area contributed by atoms with Crippen LogP contribution in [0.3, 0.4) is 0 Å². The molecule has 4 aromatic carbocycles. The Morgan fingerprint density at radius 3 is 1.95 bits per heavy atom. The van der Waals surface area contributed by atoms with Crippen LogP contribution in [-0.2, 0) is 11.2 Å². The topological polar surface area (TPSA) is 48.0 Å². The molecule has 1 fully saturated rings. The number of fused-ring (bicyclic) bond motifs is 2. The molecule has 0 bridgehead atoms. The van der Waals surface area contributed by atoms with Crippen LogP contribution >= 0.6 is 0 Å². The summed E-state index contributed by atoms with van der Waals surface area (Å²) in [6.07, 6.45) is 2.29. The molecule has 0 spiro atoms. The van der Waals surface area contributed by atoms with Gasteiger partial charge in [0.2, 0.25) is 0 Å². The van der Waals surface area contributed by atoms with Crippen molar-refractivity contribution >= 4 is 27.6 Å². The molecule has 1 saturated heterocycles. The normalized spacial score (nSPS) is 14.6. The molecule has 4 aromatic rings. The number of carbonyl (C=O) groups excluding carboxylic acids is 1. The quantitative estimate of drug-likeness (QED) is 0.267. The van der Waals surface area contributed by atoms with Gasteiger partial charge in [0.05, 0.1) is 13.7 Å². The lowest BCUT2D eigenvalue weighted by atomic mass is 9.93. The number of rotatable bonds is 6. The van der Waals surface area contributed by atoms with E-state index in [1.54, 1.807) is 7.11 Å². The summed E-state index contributed by atoms with van der Waals surface area (Å²) in [7, 11) is 1.73. The second-order valence-corrected chi connectivity index (χ2v) is 11.1. The SMILES string of the molecule is COc1ccc2ccccc2c1Cc1c(OCC2CCN(C(=O)OC(C)(C)C)CC2)ccc2ccccc12. The van der Waals surface area contributed by atoms with Crippen molar-refractivity contribution in [2.75, 3.05) is 26.8 Å². The molecule has 38 heavy (non-hydrogen) atoms. The Bertz CT molecular complexity index is 1430. The van der Waals surface area contributed by atoms with Crippen LogP contribution in [0.5, 0.6) is 11.5 Å². The summed E-state index contributed by atoms with van der Waals surface area (Å²) in [6, 6.07) is 25.3. The maximum absolute atomic E-state index is 12.5. The molecule has 5 rings (SSSR count). The third-order valence-corrected chi connectivity index (χ3v) is 7.31. The van der Waals surface area contributed by atoms with Crippen molar-refractivity contribution < 1.29 is 19.0 Å². The maximum atomic E-state index is 12.5. The van der Waals surface area contributed by atoms with Crippen LogP contribution in [0.1, 0.15) is 44.7 Å². The average Bonchev–Trinajstić information content (AvgIpc) is 2.92. The van der Waals surface area contributed by atoms with Crippen LogP contribution < -0.4 is 9.47 Å². The van der Waals surface area contributed by atoms with Gasteiger partial charge in [0, 0.05) is 30.6 Å². The van der Waals surface area contributed by atoms with E-state index < -0.39 is 5.60 Å². The van der Waals surface area contributed by atoms with E-state index in [9.17, 15) is 4.79 Å². The fourth-order valence-electron chi connectivity index (χ4n) is 5.32. The number of amides is 1. The first kappa shape index (κ1) is 25.9. The van der Waals surface area contributed by atoms with Gasteiger partial charge in [0.25, 0.3) is 0 Å². The second kappa shape index (κ2) is 10.9. The zero-order valence-corrected chi connectivity index (χ0v) is 22.8. The first-order chi connectivity index (χ1) is 18.3. The third-order valence-electron chi connectivity index (χ3n) is 7.31. The molecule has 5 nitrogen and oxygen atoms in total. The van der Waals surface area contributed by atoms with E-state index >= 15 is 0 Å². The summed E-state index contributed by atoms with van der Waals surface area (Å²) in [6.45, 7) is 7.73. The fourth-order valence-corrected chi connectivity index (χ4v) is 5.32. The van der Waals surface area contributed by atoms with Crippen LogP contribution in [0.15, 0.2) is 72.8 Å². The van der Waals surface area contributed by atoms with Crippen molar-refractivity contribution in [3.05, 3.63) is 83.9 Å². The van der Waals surface area contributed by atoms with Crippen LogP contribution in [0, 0.1) is 5.92 Å². The van der Waals surface area contributed by atoms with Crippen LogP contribution in [0.25, 0.3) is 21.5 Å². The highest BCUT2D eigenvalue weighted by molar-refractivity contribution is 5.91. The predicted molar refractivity (Wildman–Crippen MR) is 153 cm³/mol. The number of benzene rings is 4. The lowest BCUT2D eigenvalue weighted by molar-refractivity contribution is 0.0165. The Morgan fingerprint density at radius 2 is 1.37 bits per heavy atom. The number of carbonyl (C=O) groups is 1. The maximum Gasteiger partial charge on any atom is 0.410 e. The van der Waals surface area contributed by atoms with E-state index in [1.807, 2.05) is 25.7 Å². The molecule has 0 unspecified atom stereocenters. The monoisotopic (exact) mass is 511 g/mol. The molecule has 1 aliphatic rings. The Balaban J connectivity index is 1.37. The standard InChI is InChI=1S/C33H37NO4/c1-33(2,3)38-32(35)34-19-17-23(18-20-34)22-37-31-16-14-25-10-6-8-12-27(25)29(31)21-28-26-11-7-5-9-24(26)13-15-30(28)36-4/h5-16,23H,17-22H2,1-4H3. The van der Waals surface area contributed by atoms with Gasteiger partial charge in [-0.15, -0.1) is 0 Å². The largest absolute Gasteiger partial charge is 0.496 e. The molecule has 0 N–H and O–H groups in total. The zero-order chi connectivity index (χ0) is 26.7. The van der Waals surface area contributed by atoms with E-state index in [2.05, 4.69) is 72.8 Å². The summed E-state index contributed by atoms with van der Waals surface area (Å²) >= 11 is 0. The van der Waals surface area contributed by atoms with Gasteiger partial charge in [-0.3, -0.25) is 0 Å². The molecule has 1 heterocycles. The smallest absolute Gasteiger partial charge is 0.410 e. The first-order valence-electron chi connectivity index (χ1n) is 13.5. The van der Waals surface area contributed by atoms with Gasteiger partial charge in [-0.25, -0.2) is 4.79 Å². The predicted octanol–water partition coefficient (Wildman–Crippen LogP) is 7.62. The minimum Gasteiger partial charge on any atom is -0.496 e. The molecular formula is C33H37NO4. The summed E-state index contributed by atoms with van der Waals surface area (Å²) in [5.74, 6) is 2.19. The van der Waals surface area contributed by atoms with E-state index in [1.165, 1.54) is 27.1 Å². The summed E-state index contributed by atoms with van der Waals surface area (Å²) in [5, 5.41) is 4.78. The minimum atomic E-state index is -0.476. The van der Waals surface area contributed by atoms with Crippen molar-refractivity contribution in [3.8, 4) is 11.5 Å². The highest BCUT2D eigenvalue weighted by Crippen LogP contribution is 2.36.